The summed E-state index contributed by atoms with van der Waals surface area (Å²) in [6.45, 7) is 0.225. The molecule has 0 spiro atoms. The molecule has 0 saturated carbocycles. The van der Waals surface area contributed by atoms with Crippen LogP contribution in [0.2, 0.25) is 0 Å². The second-order valence-corrected chi connectivity index (χ2v) is 2.79. The second kappa shape index (κ2) is 3.45. The van der Waals surface area contributed by atoms with Gasteiger partial charge in [-0.05, 0) is 12.1 Å². The SMILES string of the molecule is COc1ccc2c(c1)nnn2CC=O. The van der Waals surface area contributed by atoms with E-state index in [1.54, 1.807) is 17.9 Å². The molecule has 2 aromatic rings. The third kappa shape index (κ3) is 1.32. The molecule has 0 N–H and O–H groups in total. The number of benzene rings is 1. The van der Waals surface area contributed by atoms with Gasteiger partial charge in [-0.15, -0.1) is 5.10 Å². The fourth-order valence-corrected chi connectivity index (χ4v) is 1.28. The molecule has 0 radical (unpaired) electrons. The highest BCUT2D eigenvalue weighted by molar-refractivity contribution is 5.76. The molecule has 0 aliphatic carbocycles. The molecule has 5 heteroatoms. The molecule has 0 aliphatic heterocycles. The van der Waals surface area contributed by atoms with Crippen LogP contribution in [0.15, 0.2) is 18.2 Å². The van der Waals surface area contributed by atoms with E-state index in [9.17, 15) is 4.79 Å². The number of hydrogen-bond acceptors (Lipinski definition) is 4. The normalized spacial score (nSPS) is 10.4. The Morgan fingerprint density at radius 2 is 2.43 bits per heavy atom. The average molecular weight is 191 g/mol. The molecule has 2 rings (SSSR count). The van der Waals surface area contributed by atoms with Gasteiger partial charge in [-0.2, -0.15) is 0 Å². The van der Waals surface area contributed by atoms with Crippen molar-refractivity contribution in [3.05, 3.63) is 18.2 Å². The van der Waals surface area contributed by atoms with Crippen LogP contribution in [0, 0.1) is 0 Å². The van der Waals surface area contributed by atoms with Gasteiger partial charge in [0.05, 0.1) is 19.2 Å². The van der Waals surface area contributed by atoms with Crippen molar-refractivity contribution in [3.8, 4) is 5.75 Å². The van der Waals surface area contributed by atoms with E-state index in [0.29, 0.717) is 0 Å². The van der Waals surface area contributed by atoms with Gasteiger partial charge in [-0.1, -0.05) is 5.21 Å². The number of aldehydes is 1. The Morgan fingerprint density at radius 3 is 3.14 bits per heavy atom. The predicted molar refractivity (Wildman–Crippen MR) is 50.1 cm³/mol. The fourth-order valence-electron chi connectivity index (χ4n) is 1.28. The van der Waals surface area contributed by atoms with Gasteiger partial charge in [0, 0.05) is 6.07 Å². The first-order valence-corrected chi connectivity index (χ1v) is 4.16. The number of rotatable bonds is 3. The number of ether oxygens (including phenoxy) is 1. The van der Waals surface area contributed by atoms with E-state index >= 15 is 0 Å². The zero-order valence-corrected chi connectivity index (χ0v) is 7.67. The van der Waals surface area contributed by atoms with Crippen LogP contribution >= 0.6 is 0 Å². The summed E-state index contributed by atoms with van der Waals surface area (Å²) < 4.78 is 6.59. The van der Waals surface area contributed by atoms with Crippen molar-refractivity contribution in [2.24, 2.45) is 0 Å². The Hall–Kier alpha value is -1.91. The number of carbonyl (C=O) groups is 1. The molecule has 72 valence electrons. The second-order valence-electron chi connectivity index (χ2n) is 2.79. The first-order valence-electron chi connectivity index (χ1n) is 4.16. The van der Waals surface area contributed by atoms with Gasteiger partial charge >= 0.3 is 0 Å². The summed E-state index contributed by atoms with van der Waals surface area (Å²) in [5.41, 5.74) is 1.56. The van der Waals surface area contributed by atoms with Crippen molar-refractivity contribution >= 4 is 17.3 Å². The predicted octanol–water partition coefficient (Wildman–Crippen LogP) is 0.639. The average Bonchev–Trinajstić information content (AvgIpc) is 2.61. The lowest BCUT2D eigenvalue weighted by atomic mass is 10.3. The van der Waals surface area contributed by atoms with Gasteiger partial charge in [-0.25, -0.2) is 4.68 Å². The molecule has 0 amide bonds. The minimum absolute atomic E-state index is 0.225. The molecule has 0 bridgehead atoms. The molecule has 0 fully saturated rings. The van der Waals surface area contributed by atoms with Gasteiger partial charge < -0.3 is 9.53 Å². The number of methoxy groups -OCH3 is 1. The lowest BCUT2D eigenvalue weighted by Gasteiger charge is -1.98. The minimum atomic E-state index is 0.225. The molecular weight excluding hydrogens is 182 g/mol. The summed E-state index contributed by atoms with van der Waals surface area (Å²) in [5.74, 6) is 0.732. The van der Waals surface area contributed by atoms with E-state index < -0.39 is 0 Å². The van der Waals surface area contributed by atoms with Crippen LogP contribution < -0.4 is 4.74 Å². The third-order valence-electron chi connectivity index (χ3n) is 1.97. The van der Waals surface area contributed by atoms with E-state index in [2.05, 4.69) is 10.3 Å². The molecule has 14 heavy (non-hydrogen) atoms. The maximum Gasteiger partial charge on any atom is 0.141 e. The maximum atomic E-state index is 10.3. The van der Waals surface area contributed by atoms with Crippen LogP contribution in [0.5, 0.6) is 5.75 Å². The van der Waals surface area contributed by atoms with Crippen LogP contribution in [0.25, 0.3) is 11.0 Å². The Morgan fingerprint density at radius 1 is 1.57 bits per heavy atom. The van der Waals surface area contributed by atoms with Crippen LogP contribution in [-0.4, -0.2) is 28.4 Å². The lowest BCUT2D eigenvalue weighted by Crippen LogP contribution is -2.00. The van der Waals surface area contributed by atoms with Crippen LogP contribution in [-0.2, 0) is 11.3 Å². The molecular formula is C9H9N3O2. The first kappa shape index (κ1) is 8.68. The van der Waals surface area contributed by atoms with Crippen molar-refractivity contribution < 1.29 is 9.53 Å². The molecule has 1 aromatic carbocycles. The molecule has 0 saturated heterocycles. The van der Waals surface area contributed by atoms with E-state index in [0.717, 1.165) is 23.1 Å². The molecule has 0 unspecified atom stereocenters. The van der Waals surface area contributed by atoms with E-state index in [1.807, 2.05) is 12.1 Å². The molecule has 1 aromatic heterocycles. The van der Waals surface area contributed by atoms with E-state index in [4.69, 9.17) is 4.74 Å². The topological polar surface area (TPSA) is 57.0 Å². The first-order chi connectivity index (χ1) is 6.85. The number of aromatic nitrogens is 3. The Bertz CT molecular complexity index is 464. The highest BCUT2D eigenvalue weighted by Crippen LogP contribution is 2.17. The summed E-state index contributed by atoms with van der Waals surface area (Å²) in [5, 5.41) is 7.76. The summed E-state index contributed by atoms with van der Waals surface area (Å²) in [7, 11) is 1.59. The number of fused-ring (bicyclic) bond motifs is 1. The van der Waals surface area contributed by atoms with E-state index in [1.165, 1.54) is 0 Å². The molecule has 0 aliphatic rings. The van der Waals surface area contributed by atoms with Gasteiger partial charge in [0.15, 0.2) is 0 Å². The third-order valence-corrected chi connectivity index (χ3v) is 1.97. The number of carbonyl (C=O) groups excluding carboxylic acids is 1. The Balaban J connectivity index is 2.53. The summed E-state index contributed by atoms with van der Waals surface area (Å²) >= 11 is 0. The zero-order valence-electron chi connectivity index (χ0n) is 7.67. The molecule has 1 heterocycles. The minimum Gasteiger partial charge on any atom is -0.497 e. The largest absolute Gasteiger partial charge is 0.497 e. The molecule has 5 nitrogen and oxygen atoms in total. The van der Waals surface area contributed by atoms with Crippen molar-refractivity contribution in [2.45, 2.75) is 6.54 Å². The van der Waals surface area contributed by atoms with Gasteiger partial charge in [0.2, 0.25) is 0 Å². The summed E-state index contributed by atoms with van der Waals surface area (Å²) in [6, 6.07) is 5.42. The lowest BCUT2D eigenvalue weighted by molar-refractivity contribution is -0.108. The standard InChI is InChI=1S/C9H9N3O2/c1-14-7-2-3-9-8(6-7)10-11-12(9)4-5-13/h2-3,5-6H,4H2,1H3. The highest BCUT2D eigenvalue weighted by Gasteiger charge is 2.04. The van der Waals surface area contributed by atoms with Gasteiger partial charge in [0.25, 0.3) is 0 Å². The number of hydrogen-bond donors (Lipinski definition) is 0. The van der Waals surface area contributed by atoms with Crippen LogP contribution in [0.1, 0.15) is 0 Å². The van der Waals surface area contributed by atoms with Crippen molar-refractivity contribution in [1.82, 2.24) is 15.0 Å². The van der Waals surface area contributed by atoms with Crippen LogP contribution in [0.4, 0.5) is 0 Å². The quantitative estimate of drug-likeness (QED) is 0.668. The monoisotopic (exact) mass is 191 g/mol. The summed E-state index contributed by atoms with van der Waals surface area (Å²) in [4.78, 5) is 10.3. The Kier molecular flexibility index (Phi) is 2.14. The van der Waals surface area contributed by atoms with Gasteiger partial charge in [0.1, 0.15) is 17.6 Å². The zero-order chi connectivity index (χ0) is 9.97. The smallest absolute Gasteiger partial charge is 0.141 e. The van der Waals surface area contributed by atoms with Crippen molar-refractivity contribution in [2.75, 3.05) is 7.11 Å². The van der Waals surface area contributed by atoms with Crippen molar-refractivity contribution in [3.63, 3.8) is 0 Å². The van der Waals surface area contributed by atoms with E-state index in [-0.39, 0.29) is 6.54 Å². The van der Waals surface area contributed by atoms with Gasteiger partial charge in [-0.3, -0.25) is 0 Å². The van der Waals surface area contributed by atoms with Crippen molar-refractivity contribution in [1.29, 1.82) is 0 Å². The number of nitrogens with zero attached hydrogens (tertiary/aromatic N) is 3. The van der Waals surface area contributed by atoms with Crippen LogP contribution in [0.3, 0.4) is 0 Å². The Labute approximate surface area is 80.3 Å². The summed E-state index contributed by atoms with van der Waals surface area (Å²) in [6.07, 6.45) is 0.790. The fraction of sp³-hybridized carbons (Fsp3) is 0.222. The maximum absolute atomic E-state index is 10.3. The molecule has 0 atom stereocenters. The highest BCUT2D eigenvalue weighted by atomic mass is 16.5.